The largest absolute Gasteiger partial charge is 0.393 e. The molecule has 0 heterocycles. The lowest BCUT2D eigenvalue weighted by Crippen LogP contribution is -2.03. The molecule has 0 radical (unpaired) electrons. The molecule has 0 spiro atoms. The molecule has 0 rings (SSSR count). The summed E-state index contributed by atoms with van der Waals surface area (Å²) in [4.78, 5) is 22.7. The minimum Gasteiger partial charge on any atom is -0.393 e. The van der Waals surface area contributed by atoms with E-state index >= 15 is 0 Å². The van der Waals surface area contributed by atoms with Crippen LogP contribution in [0, 0.1) is 0 Å². The molecule has 0 saturated heterocycles. The summed E-state index contributed by atoms with van der Waals surface area (Å²) in [5, 5.41) is 9.05. The summed E-state index contributed by atoms with van der Waals surface area (Å²) in [5.41, 5.74) is 0. The molecule has 0 amide bonds. The zero-order chi connectivity index (χ0) is 13.1. The van der Waals surface area contributed by atoms with E-state index in [2.05, 4.69) is 0 Å². The molecule has 0 aliphatic rings. The van der Waals surface area contributed by atoms with E-state index in [9.17, 15) is 9.59 Å². The minimum absolute atomic E-state index is 0.250. The first-order chi connectivity index (χ1) is 8.06. The van der Waals surface area contributed by atoms with Gasteiger partial charge >= 0.3 is 0 Å². The maximum Gasteiger partial charge on any atom is 0.132 e. The fourth-order valence-electron chi connectivity index (χ4n) is 1.77. The van der Waals surface area contributed by atoms with Gasteiger partial charge in [-0.05, 0) is 32.6 Å². The van der Waals surface area contributed by atoms with Crippen LogP contribution in [0.25, 0.3) is 0 Å². The summed E-state index contributed by atoms with van der Waals surface area (Å²) in [5.74, 6) is 0.522. The van der Waals surface area contributed by atoms with E-state index in [1.165, 1.54) is 0 Å². The number of hydrogen-bond acceptors (Lipinski definition) is 3. The summed E-state index contributed by atoms with van der Waals surface area (Å²) < 4.78 is 0. The maximum atomic E-state index is 11.5. The van der Waals surface area contributed by atoms with Crippen molar-refractivity contribution in [3.63, 3.8) is 0 Å². The summed E-state index contributed by atoms with van der Waals surface area (Å²) in [6.45, 7) is 3.76. The lowest BCUT2D eigenvalue weighted by molar-refractivity contribution is -0.120. The molecule has 100 valence electrons. The molecule has 0 bridgehead atoms. The van der Waals surface area contributed by atoms with Crippen molar-refractivity contribution in [2.45, 2.75) is 77.7 Å². The quantitative estimate of drug-likeness (QED) is 0.567. The number of aliphatic hydroxyl groups excluding tert-OH is 1. The average Bonchev–Trinajstić information content (AvgIpc) is 2.24. The van der Waals surface area contributed by atoms with Crippen LogP contribution in [0.1, 0.15) is 71.6 Å². The number of aliphatic hydroxyl groups is 1. The highest BCUT2D eigenvalue weighted by Crippen LogP contribution is 2.08. The van der Waals surface area contributed by atoms with Crippen LogP contribution in [-0.4, -0.2) is 22.8 Å². The van der Waals surface area contributed by atoms with Crippen molar-refractivity contribution >= 4 is 11.6 Å². The van der Waals surface area contributed by atoms with E-state index < -0.39 is 0 Å². The van der Waals surface area contributed by atoms with E-state index in [-0.39, 0.29) is 17.7 Å². The number of ketones is 2. The Kier molecular flexibility index (Phi) is 10.0. The molecular formula is C14H26O3. The average molecular weight is 242 g/mol. The molecule has 0 aliphatic carbocycles. The number of carbonyl (C=O) groups excluding carboxylic acids is 2. The van der Waals surface area contributed by atoms with Crippen molar-refractivity contribution in [1.29, 1.82) is 0 Å². The Morgan fingerprint density at radius 2 is 1.47 bits per heavy atom. The fourth-order valence-corrected chi connectivity index (χ4v) is 1.77. The molecule has 1 unspecified atom stereocenters. The number of unbranched alkanes of at least 4 members (excludes halogenated alkanes) is 1. The smallest absolute Gasteiger partial charge is 0.132 e. The van der Waals surface area contributed by atoms with Gasteiger partial charge in [0.1, 0.15) is 11.6 Å². The molecule has 1 atom stereocenters. The van der Waals surface area contributed by atoms with Gasteiger partial charge in [0.2, 0.25) is 0 Å². The first kappa shape index (κ1) is 16.3. The Morgan fingerprint density at radius 3 is 2.00 bits per heavy atom. The van der Waals surface area contributed by atoms with Crippen molar-refractivity contribution in [2.24, 2.45) is 0 Å². The van der Waals surface area contributed by atoms with Crippen molar-refractivity contribution in [1.82, 2.24) is 0 Å². The Bertz CT molecular complexity index is 222. The van der Waals surface area contributed by atoms with E-state index in [1.807, 2.05) is 6.92 Å². The van der Waals surface area contributed by atoms with Crippen LogP contribution in [0.3, 0.4) is 0 Å². The van der Waals surface area contributed by atoms with Gasteiger partial charge in [-0.15, -0.1) is 0 Å². The number of Topliss-reactive ketones (excluding diaryl/α,β-unsaturated/α-hetero) is 2. The van der Waals surface area contributed by atoms with Crippen LogP contribution in [0.5, 0.6) is 0 Å². The molecule has 1 N–H and O–H groups in total. The topological polar surface area (TPSA) is 54.4 Å². The van der Waals surface area contributed by atoms with Gasteiger partial charge in [-0.3, -0.25) is 9.59 Å². The normalized spacial score (nSPS) is 12.4. The number of carbonyl (C=O) groups is 2. The standard InChI is InChI=1S/C14H26O3/c1-3-7-13(16)10-6-11-14(17)9-5-4-8-12(2)15/h12,15H,3-11H2,1-2H3. The molecule has 3 heteroatoms. The predicted molar refractivity (Wildman–Crippen MR) is 68.9 cm³/mol. The van der Waals surface area contributed by atoms with Crippen LogP contribution < -0.4 is 0 Å². The highest BCUT2D eigenvalue weighted by atomic mass is 16.3. The van der Waals surface area contributed by atoms with Crippen LogP contribution in [-0.2, 0) is 9.59 Å². The number of hydrogen-bond donors (Lipinski definition) is 1. The highest BCUT2D eigenvalue weighted by Gasteiger charge is 2.05. The molecule has 0 fully saturated rings. The van der Waals surface area contributed by atoms with Gasteiger partial charge in [-0.25, -0.2) is 0 Å². The van der Waals surface area contributed by atoms with Crippen LogP contribution >= 0.6 is 0 Å². The van der Waals surface area contributed by atoms with Crippen LogP contribution in [0.4, 0.5) is 0 Å². The summed E-state index contributed by atoms with van der Waals surface area (Å²) in [6.07, 6.45) is 6.17. The molecular weight excluding hydrogens is 216 g/mol. The molecule has 0 aromatic heterocycles. The second-order valence-corrected chi connectivity index (χ2v) is 4.78. The van der Waals surface area contributed by atoms with Gasteiger partial charge in [0.15, 0.2) is 0 Å². The van der Waals surface area contributed by atoms with E-state index in [0.717, 1.165) is 25.7 Å². The molecule has 0 aromatic carbocycles. The first-order valence-corrected chi connectivity index (χ1v) is 6.77. The molecule has 0 aromatic rings. The third-order valence-corrected chi connectivity index (χ3v) is 2.77. The molecule has 0 aliphatic heterocycles. The zero-order valence-corrected chi connectivity index (χ0v) is 11.2. The molecule has 17 heavy (non-hydrogen) atoms. The predicted octanol–water partition coefficient (Wildman–Crippen LogP) is 3.04. The second-order valence-electron chi connectivity index (χ2n) is 4.78. The number of rotatable bonds is 11. The van der Waals surface area contributed by atoms with Crippen molar-refractivity contribution in [2.75, 3.05) is 0 Å². The maximum absolute atomic E-state index is 11.5. The van der Waals surface area contributed by atoms with Crippen molar-refractivity contribution in [3.8, 4) is 0 Å². The first-order valence-electron chi connectivity index (χ1n) is 6.77. The second kappa shape index (κ2) is 10.5. The highest BCUT2D eigenvalue weighted by molar-refractivity contribution is 5.81. The Labute approximate surface area is 105 Å². The van der Waals surface area contributed by atoms with Gasteiger partial charge in [-0.2, -0.15) is 0 Å². The van der Waals surface area contributed by atoms with Gasteiger partial charge in [0.05, 0.1) is 6.10 Å². The van der Waals surface area contributed by atoms with Gasteiger partial charge in [0.25, 0.3) is 0 Å². The monoisotopic (exact) mass is 242 g/mol. The Hall–Kier alpha value is -0.700. The van der Waals surface area contributed by atoms with E-state index in [1.54, 1.807) is 6.92 Å². The lowest BCUT2D eigenvalue weighted by Gasteiger charge is -2.03. The summed E-state index contributed by atoms with van der Waals surface area (Å²) in [7, 11) is 0. The zero-order valence-electron chi connectivity index (χ0n) is 11.2. The lowest BCUT2D eigenvalue weighted by atomic mass is 10.0. The van der Waals surface area contributed by atoms with Crippen LogP contribution in [0.15, 0.2) is 0 Å². The molecule has 0 saturated carbocycles. The van der Waals surface area contributed by atoms with E-state index in [0.29, 0.717) is 32.1 Å². The molecule has 3 nitrogen and oxygen atoms in total. The fraction of sp³-hybridized carbons (Fsp3) is 0.857. The van der Waals surface area contributed by atoms with Gasteiger partial charge < -0.3 is 5.11 Å². The minimum atomic E-state index is -0.267. The van der Waals surface area contributed by atoms with Crippen LogP contribution in [0.2, 0.25) is 0 Å². The summed E-state index contributed by atoms with van der Waals surface area (Å²) in [6, 6.07) is 0. The van der Waals surface area contributed by atoms with Gasteiger partial charge in [-0.1, -0.05) is 13.3 Å². The van der Waals surface area contributed by atoms with Crippen molar-refractivity contribution < 1.29 is 14.7 Å². The third kappa shape index (κ3) is 11.6. The SMILES string of the molecule is CCCC(=O)CCCC(=O)CCCCC(C)O. The van der Waals surface area contributed by atoms with Crippen molar-refractivity contribution in [3.05, 3.63) is 0 Å². The summed E-state index contributed by atoms with van der Waals surface area (Å²) >= 11 is 0. The third-order valence-electron chi connectivity index (χ3n) is 2.77. The van der Waals surface area contributed by atoms with E-state index in [4.69, 9.17) is 5.11 Å². The van der Waals surface area contributed by atoms with Gasteiger partial charge in [0, 0.05) is 25.7 Å². The Morgan fingerprint density at radius 1 is 0.941 bits per heavy atom. The Balaban J connectivity index is 3.37.